The Labute approximate surface area is 101 Å². The van der Waals surface area contributed by atoms with Crippen molar-refractivity contribution in [3.05, 3.63) is 12.2 Å². The number of hydrogen-bond donors (Lipinski definition) is 3. The molecule has 0 aromatic rings. The lowest BCUT2D eigenvalue weighted by Crippen LogP contribution is -2.46. The van der Waals surface area contributed by atoms with Crippen LogP contribution in [0.2, 0.25) is 0 Å². The molecule has 17 heavy (non-hydrogen) atoms. The van der Waals surface area contributed by atoms with Crippen LogP contribution in [-0.2, 0) is 4.79 Å². The SMILES string of the molecule is CC[C@@H](NC(=O)NCC1CC=CCC1)C(=O)O. The van der Waals surface area contributed by atoms with E-state index in [9.17, 15) is 9.59 Å². The fraction of sp³-hybridized carbons (Fsp3) is 0.667. The van der Waals surface area contributed by atoms with Gasteiger partial charge in [-0.05, 0) is 31.6 Å². The molecule has 5 nitrogen and oxygen atoms in total. The van der Waals surface area contributed by atoms with Crippen molar-refractivity contribution in [2.24, 2.45) is 5.92 Å². The maximum absolute atomic E-state index is 11.5. The Morgan fingerprint density at radius 2 is 2.24 bits per heavy atom. The summed E-state index contributed by atoms with van der Waals surface area (Å²) in [5, 5.41) is 14.0. The minimum absolute atomic E-state index is 0.384. The minimum atomic E-state index is -0.997. The standard InChI is InChI=1S/C12H20N2O3/c1-2-10(11(15)16)14-12(17)13-8-9-6-4-3-5-7-9/h3-4,9-10H,2,5-8H2,1H3,(H,15,16)(H2,13,14,17)/t9?,10-/m1/s1. The third kappa shape index (κ3) is 4.89. The summed E-state index contributed by atoms with van der Waals surface area (Å²) in [4.78, 5) is 22.2. The lowest BCUT2D eigenvalue weighted by Gasteiger charge is -2.19. The van der Waals surface area contributed by atoms with Gasteiger partial charge < -0.3 is 15.7 Å². The molecule has 3 N–H and O–H groups in total. The van der Waals surface area contributed by atoms with Gasteiger partial charge in [0, 0.05) is 6.54 Å². The molecule has 1 aliphatic carbocycles. The summed E-state index contributed by atoms with van der Waals surface area (Å²) in [6.07, 6.45) is 7.77. The lowest BCUT2D eigenvalue weighted by molar-refractivity contribution is -0.139. The molecule has 0 aromatic carbocycles. The van der Waals surface area contributed by atoms with E-state index in [2.05, 4.69) is 22.8 Å². The molecule has 1 rings (SSSR count). The van der Waals surface area contributed by atoms with Crippen LogP contribution in [0.1, 0.15) is 32.6 Å². The monoisotopic (exact) mass is 240 g/mol. The first-order valence-electron chi connectivity index (χ1n) is 6.05. The zero-order valence-corrected chi connectivity index (χ0v) is 10.1. The van der Waals surface area contributed by atoms with Crippen molar-refractivity contribution in [1.29, 1.82) is 0 Å². The summed E-state index contributed by atoms with van der Waals surface area (Å²) >= 11 is 0. The van der Waals surface area contributed by atoms with Crippen molar-refractivity contribution in [2.45, 2.75) is 38.6 Å². The molecule has 5 heteroatoms. The van der Waals surface area contributed by atoms with Crippen LogP contribution in [0.15, 0.2) is 12.2 Å². The minimum Gasteiger partial charge on any atom is -0.480 e. The Hall–Kier alpha value is -1.52. The highest BCUT2D eigenvalue weighted by Gasteiger charge is 2.18. The smallest absolute Gasteiger partial charge is 0.326 e. The van der Waals surface area contributed by atoms with Crippen molar-refractivity contribution in [3.63, 3.8) is 0 Å². The Morgan fingerprint density at radius 1 is 1.47 bits per heavy atom. The highest BCUT2D eigenvalue weighted by Crippen LogP contribution is 2.16. The van der Waals surface area contributed by atoms with Crippen LogP contribution in [0.5, 0.6) is 0 Å². The Bertz CT molecular complexity index is 302. The molecule has 0 bridgehead atoms. The summed E-state index contributed by atoms with van der Waals surface area (Å²) in [5.41, 5.74) is 0. The zero-order valence-electron chi connectivity index (χ0n) is 10.1. The molecule has 2 amide bonds. The fourth-order valence-electron chi connectivity index (χ4n) is 1.83. The molecule has 0 heterocycles. The Kier molecular flexibility index (Phi) is 5.52. The quantitative estimate of drug-likeness (QED) is 0.637. The summed E-state index contributed by atoms with van der Waals surface area (Å²) in [6.45, 7) is 2.33. The molecule has 2 atom stereocenters. The van der Waals surface area contributed by atoms with Crippen LogP contribution in [-0.4, -0.2) is 29.7 Å². The number of hydrogen-bond acceptors (Lipinski definition) is 2. The maximum Gasteiger partial charge on any atom is 0.326 e. The second kappa shape index (κ2) is 6.93. The molecule has 0 aliphatic heterocycles. The Balaban J connectivity index is 2.24. The second-order valence-electron chi connectivity index (χ2n) is 4.30. The van der Waals surface area contributed by atoms with Gasteiger partial charge in [-0.3, -0.25) is 0 Å². The van der Waals surface area contributed by atoms with E-state index in [4.69, 9.17) is 5.11 Å². The number of carboxylic acid groups (broad SMARTS) is 1. The Morgan fingerprint density at radius 3 is 2.76 bits per heavy atom. The zero-order chi connectivity index (χ0) is 12.7. The second-order valence-corrected chi connectivity index (χ2v) is 4.30. The summed E-state index contributed by atoms with van der Waals surface area (Å²) in [5.74, 6) is -0.529. The molecule has 96 valence electrons. The van der Waals surface area contributed by atoms with E-state index >= 15 is 0 Å². The van der Waals surface area contributed by atoms with Gasteiger partial charge in [-0.2, -0.15) is 0 Å². The summed E-state index contributed by atoms with van der Waals surface area (Å²) in [7, 11) is 0. The summed E-state index contributed by atoms with van der Waals surface area (Å²) < 4.78 is 0. The predicted molar refractivity (Wildman–Crippen MR) is 64.7 cm³/mol. The number of carbonyl (C=O) groups is 2. The number of aliphatic carboxylic acids is 1. The van der Waals surface area contributed by atoms with E-state index in [0.717, 1.165) is 19.3 Å². The number of rotatable bonds is 5. The van der Waals surface area contributed by atoms with E-state index in [0.29, 0.717) is 18.9 Å². The topological polar surface area (TPSA) is 78.4 Å². The third-order valence-corrected chi connectivity index (χ3v) is 2.94. The maximum atomic E-state index is 11.5. The van der Waals surface area contributed by atoms with Crippen molar-refractivity contribution < 1.29 is 14.7 Å². The number of nitrogens with one attached hydrogen (secondary N) is 2. The van der Waals surface area contributed by atoms with E-state index in [1.165, 1.54) is 0 Å². The molecular formula is C12H20N2O3. The van der Waals surface area contributed by atoms with Gasteiger partial charge in [0.15, 0.2) is 0 Å². The van der Waals surface area contributed by atoms with Gasteiger partial charge in [0.05, 0.1) is 0 Å². The summed E-state index contributed by atoms with van der Waals surface area (Å²) in [6, 6.07) is -1.20. The molecule has 0 radical (unpaired) electrons. The number of amides is 2. The van der Waals surface area contributed by atoms with Gasteiger partial charge in [0.25, 0.3) is 0 Å². The van der Waals surface area contributed by atoms with Gasteiger partial charge >= 0.3 is 12.0 Å². The van der Waals surface area contributed by atoms with Crippen molar-refractivity contribution >= 4 is 12.0 Å². The number of urea groups is 1. The number of carboxylic acids is 1. The van der Waals surface area contributed by atoms with E-state index in [1.807, 2.05) is 0 Å². The van der Waals surface area contributed by atoms with Crippen molar-refractivity contribution in [1.82, 2.24) is 10.6 Å². The molecule has 1 unspecified atom stereocenters. The molecule has 0 fully saturated rings. The highest BCUT2D eigenvalue weighted by molar-refractivity contribution is 5.82. The average Bonchev–Trinajstić information content (AvgIpc) is 2.34. The van der Waals surface area contributed by atoms with Gasteiger partial charge in [-0.25, -0.2) is 9.59 Å². The molecule has 0 spiro atoms. The van der Waals surface area contributed by atoms with Crippen LogP contribution in [0, 0.1) is 5.92 Å². The van der Waals surface area contributed by atoms with Crippen LogP contribution in [0.3, 0.4) is 0 Å². The van der Waals surface area contributed by atoms with Crippen LogP contribution in [0.25, 0.3) is 0 Å². The molecular weight excluding hydrogens is 220 g/mol. The van der Waals surface area contributed by atoms with Crippen LogP contribution < -0.4 is 10.6 Å². The highest BCUT2D eigenvalue weighted by atomic mass is 16.4. The largest absolute Gasteiger partial charge is 0.480 e. The van der Waals surface area contributed by atoms with Crippen molar-refractivity contribution in [2.75, 3.05) is 6.54 Å². The molecule has 1 aliphatic rings. The fourth-order valence-corrected chi connectivity index (χ4v) is 1.83. The van der Waals surface area contributed by atoms with Crippen molar-refractivity contribution in [3.8, 4) is 0 Å². The van der Waals surface area contributed by atoms with Gasteiger partial charge in [0.1, 0.15) is 6.04 Å². The van der Waals surface area contributed by atoms with Crippen LogP contribution in [0.4, 0.5) is 4.79 Å². The third-order valence-electron chi connectivity index (χ3n) is 2.94. The first kappa shape index (κ1) is 13.5. The van der Waals surface area contributed by atoms with E-state index < -0.39 is 18.0 Å². The van der Waals surface area contributed by atoms with Gasteiger partial charge in [-0.15, -0.1) is 0 Å². The predicted octanol–water partition coefficient (Wildman–Crippen LogP) is 1.51. The van der Waals surface area contributed by atoms with Crippen LogP contribution >= 0.6 is 0 Å². The van der Waals surface area contributed by atoms with Gasteiger partial charge in [0.2, 0.25) is 0 Å². The number of allylic oxidation sites excluding steroid dienone is 2. The average molecular weight is 240 g/mol. The van der Waals surface area contributed by atoms with Gasteiger partial charge in [-0.1, -0.05) is 19.1 Å². The molecule has 0 saturated carbocycles. The first-order chi connectivity index (χ1) is 8.13. The lowest BCUT2D eigenvalue weighted by atomic mass is 9.94. The van der Waals surface area contributed by atoms with E-state index in [-0.39, 0.29) is 0 Å². The van der Waals surface area contributed by atoms with E-state index in [1.54, 1.807) is 6.92 Å². The molecule has 0 aromatic heterocycles. The normalized spacial score (nSPS) is 20.6. The molecule has 0 saturated heterocycles. The number of carbonyl (C=O) groups excluding carboxylic acids is 1. The first-order valence-corrected chi connectivity index (χ1v) is 6.05.